The smallest absolute Gasteiger partial charge is 0.228 e. The average Bonchev–Trinajstić information content (AvgIpc) is 3.25. The Morgan fingerprint density at radius 1 is 1.13 bits per heavy atom. The fourth-order valence-corrected chi connectivity index (χ4v) is 5.43. The topological polar surface area (TPSA) is 83.5 Å². The number of benzene rings is 1. The third-order valence-electron chi connectivity index (χ3n) is 6.10. The van der Waals surface area contributed by atoms with Crippen molar-refractivity contribution in [2.24, 2.45) is 0 Å². The summed E-state index contributed by atoms with van der Waals surface area (Å²) < 4.78 is 26.0. The van der Waals surface area contributed by atoms with E-state index in [4.69, 9.17) is 9.97 Å². The standard InChI is InChI=1S/C22H28N4O3S/c1-3-30(28,29)25-13-12-18(15-25)21-23-16(2)19-9-10-20(27)26(22(19)24-21)14-11-17-7-5-4-6-8-17/h4-8,18H,3,9-15H2,1-2H3/t18-/m1/s1. The normalized spacial score (nSPS) is 19.9. The molecule has 1 aromatic carbocycles. The maximum Gasteiger partial charge on any atom is 0.228 e. The molecule has 0 aliphatic carbocycles. The van der Waals surface area contributed by atoms with Crippen LogP contribution in [0.3, 0.4) is 0 Å². The van der Waals surface area contributed by atoms with Gasteiger partial charge in [-0.3, -0.25) is 9.69 Å². The lowest BCUT2D eigenvalue weighted by molar-refractivity contribution is -0.118. The van der Waals surface area contributed by atoms with Gasteiger partial charge in [-0.1, -0.05) is 30.3 Å². The second-order valence-corrected chi connectivity index (χ2v) is 10.3. The molecule has 2 aliphatic rings. The third kappa shape index (κ3) is 4.11. The fraction of sp³-hybridized carbons (Fsp3) is 0.500. The molecule has 1 atom stereocenters. The molecule has 0 N–H and O–H groups in total. The summed E-state index contributed by atoms with van der Waals surface area (Å²) in [6, 6.07) is 10.1. The number of hydrogen-bond donors (Lipinski definition) is 0. The lowest BCUT2D eigenvalue weighted by Gasteiger charge is -2.30. The van der Waals surface area contributed by atoms with Crippen molar-refractivity contribution < 1.29 is 13.2 Å². The molecule has 0 bridgehead atoms. The van der Waals surface area contributed by atoms with Gasteiger partial charge in [-0.25, -0.2) is 22.7 Å². The molecular weight excluding hydrogens is 400 g/mol. The first-order valence-electron chi connectivity index (χ1n) is 10.6. The van der Waals surface area contributed by atoms with Crippen molar-refractivity contribution >= 4 is 21.7 Å². The Morgan fingerprint density at radius 3 is 2.63 bits per heavy atom. The zero-order valence-electron chi connectivity index (χ0n) is 17.5. The highest BCUT2D eigenvalue weighted by Gasteiger charge is 2.34. The average molecular weight is 429 g/mol. The van der Waals surface area contributed by atoms with Crippen molar-refractivity contribution in [2.75, 3.05) is 30.3 Å². The number of aromatic nitrogens is 2. The molecule has 1 aromatic heterocycles. The van der Waals surface area contributed by atoms with E-state index in [9.17, 15) is 13.2 Å². The van der Waals surface area contributed by atoms with Crippen molar-refractivity contribution in [1.29, 1.82) is 0 Å². The van der Waals surface area contributed by atoms with E-state index in [1.54, 1.807) is 11.8 Å². The van der Waals surface area contributed by atoms with Gasteiger partial charge in [0, 0.05) is 43.2 Å². The Labute approximate surface area is 178 Å². The van der Waals surface area contributed by atoms with Crippen LogP contribution in [0.5, 0.6) is 0 Å². The van der Waals surface area contributed by atoms with Crippen LogP contribution in [0.15, 0.2) is 30.3 Å². The van der Waals surface area contributed by atoms with Crippen molar-refractivity contribution in [3.63, 3.8) is 0 Å². The summed E-state index contributed by atoms with van der Waals surface area (Å²) in [5.41, 5.74) is 3.10. The number of fused-ring (bicyclic) bond motifs is 1. The zero-order valence-corrected chi connectivity index (χ0v) is 18.4. The van der Waals surface area contributed by atoms with Gasteiger partial charge in [0.1, 0.15) is 11.6 Å². The van der Waals surface area contributed by atoms with E-state index >= 15 is 0 Å². The van der Waals surface area contributed by atoms with Gasteiger partial charge in [0.2, 0.25) is 15.9 Å². The van der Waals surface area contributed by atoms with Crippen LogP contribution < -0.4 is 4.90 Å². The lowest BCUT2D eigenvalue weighted by atomic mass is 10.0. The van der Waals surface area contributed by atoms with Gasteiger partial charge >= 0.3 is 0 Å². The van der Waals surface area contributed by atoms with E-state index in [0.717, 1.165) is 17.7 Å². The van der Waals surface area contributed by atoms with Gasteiger partial charge in [-0.15, -0.1) is 0 Å². The molecule has 160 valence electrons. The minimum Gasteiger partial charge on any atom is -0.296 e. The SMILES string of the molecule is CCS(=O)(=O)N1CC[C@@H](c2nc(C)c3c(n2)N(CCc2ccccc2)C(=O)CC3)C1. The highest BCUT2D eigenvalue weighted by Crippen LogP contribution is 2.33. The number of carbonyl (C=O) groups is 1. The van der Waals surface area contributed by atoms with Crippen molar-refractivity contribution in [3.8, 4) is 0 Å². The summed E-state index contributed by atoms with van der Waals surface area (Å²) >= 11 is 0. The van der Waals surface area contributed by atoms with E-state index in [0.29, 0.717) is 50.5 Å². The fourth-order valence-electron chi connectivity index (χ4n) is 4.28. The molecule has 4 rings (SSSR count). The minimum absolute atomic E-state index is 0.0386. The number of rotatable bonds is 6. The van der Waals surface area contributed by atoms with Crippen LogP contribution in [0.4, 0.5) is 5.82 Å². The van der Waals surface area contributed by atoms with Gasteiger partial charge < -0.3 is 0 Å². The number of nitrogens with zero attached hydrogens (tertiary/aromatic N) is 4. The molecule has 0 spiro atoms. The Kier molecular flexibility index (Phi) is 5.88. The number of hydrogen-bond acceptors (Lipinski definition) is 5. The summed E-state index contributed by atoms with van der Waals surface area (Å²) in [6.45, 7) is 5.11. The van der Waals surface area contributed by atoms with Crippen molar-refractivity contribution in [1.82, 2.24) is 14.3 Å². The maximum atomic E-state index is 12.7. The first-order chi connectivity index (χ1) is 14.4. The number of aryl methyl sites for hydroxylation is 1. The van der Waals surface area contributed by atoms with Crippen LogP contribution in [-0.4, -0.2) is 54.0 Å². The second-order valence-electron chi connectivity index (χ2n) is 7.99. The van der Waals surface area contributed by atoms with Crippen LogP contribution in [0.25, 0.3) is 0 Å². The molecule has 2 aromatic rings. The summed E-state index contributed by atoms with van der Waals surface area (Å²) in [4.78, 5) is 24.0. The van der Waals surface area contributed by atoms with Crippen LogP contribution in [0, 0.1) is 6.92 Å². The van der Waals surface area contributed by atoms with Gasteiger partial charge in [-0.2, -0.15) is 0 Å². The second kappa shape index (κ2) is 8.43. The van der Waals surface area contributed by atoms with E-state index in [1.165, 1.54) is 9.87 Å². The number of amides is 1. The number of sulfonamides is 1. The third-order valence-corrected chi connectivity index (χ3v) is 7.94. The van der Waals surface area contributed by atoms with Crippen LogP contribution in [0.2, 0.25) is 0 Å². The van der Waals surface area contributed by atoms with Crippen molar-refractivity contribution in [3.05, 3.63) is 53.0 Å². The first kappa shape index (κ1) is 20.9. The Morgan fingerprint density at radius 2 is 1.90 bits per heavy atom. The first-order valence-corrected chi connectivity index (χ1v) is 12.2. The minimum atomic E-state index is -3.21. The Hall–Kier alpha value is -2.32. The molecule has 2 aliphatic heterocycles. The highest BCUT2D eigenvalue weighted by molar-refractivity contribution is 7.89. The van der Waals surface area contributed by atoms with Crippen LogP contribution >= 0.6 is 0 Å². The molecule has 1 amide bonds. The van der Waals surface area contributed by atoms with Gasteiger partial charge in [0.05, 0.1) is 5.75 Å². The predicted molar refractivity (Wildman–Crippen MR) is 116 cm³/mol. The lowest BCUT2D eigenvalue weighted by Crippen LogP contribution is -2.38. The van der Waals surface area contributed by atoms with E-state index in [1.807, 2.05) is 25.1 Å². The Bertz CT molecular complexity index is 1040. The molecule has 1 saturated heterocycles. The molecule has 1 fully saturated rings. The van der Waals surface area contributed by atoms with Gasteiger partial charge in [0.15, 0.2) is 0 Å². The zero-order chi connectivity index (χ0) is 21.3. The van der Waals surface area contributed by atoms with Crippen LogP contribution in [0.1, 0.15) is 48.3 Å². The Balaban J connectivity index is 1.60. The quantitative estimate of drug-likeness (QED) is 0.706. The molecule has 7 nitrogen and oxygen atoms in total. The highest BCUT2D eigenvalue weighted by atomic mass is 32.2. The molecule has 8 heteroatoms. The summed E-state index contributed by atoms with van der Waals surface area (Å²) in [7, 11) is -3.21. The summed E-state index contributed by atoms with van der Waals surface area (Å²) in [5, 5.41) is 0. The van der Waals surface area contributed by atoms with Gasteiger partial charge in [-0.05, 0) is 38.7 Å². The van der Waals surface area contributed by atoms with Crippen LogP contribution in [-0.2, 0) is 27.7 Å². The molecular formula is C22H28N4O3S. The number of carbonyl (C=O) groups excluding carboxylic acids is 1. The predicted octanol–water partition coefficient (Wildman–Crippen LogP) is 2.45. The molecule has 0 saturated carbocycles. The van der Waals surface area contributed by atoms with Gasteiger partial charge in [0.25, 0.3) is 0 Å². The molecule has 0 radical (unpaired) electrons. The molecule has 30 heavy (non-hydrogen) atoms. The van der Waals surface area contributed by atoms with E-state index in [-0.39, 0.29) is 17.6 Å². The van der Waals surface area contributed by atoms with Crippen molar-refractivity contribution in [2.45, 2.75) is 45.4 Å². The largest absolute Gasteiger partial charge is 0.296 e. The summed E-state index contributed by atoms with van der Waals surface area (Å²) in [5.74, 6) is 1.51. The number of anilines is 1. The molecule has 0 unspecified atom stereocenters. The molecule has 3 heterocycles. The monoisotopic (exact) mass is 428 g/mol. The maximum absolute atomic E-state index is 12.7. The van der Waals surface area contributed by atoms with E-state index < -0.39 is 10.0 Å². The summed E-state index contributed by atoms with van der Waals surface area (Å²) in [6.07, 6.45) is 2.59. The van der Waals surface area contributed by atoms with E-state index in [2.05, 4.69) is 12.1 Å².